The maximum absolute atomic E-state index is 11.6. The van der Waals surface area contributed by atoms with Crippen LogP contribution >= 0.6 is 0 Å². The minimum Gasteiger partial charge on any atom is -0.370 e. The van der Waals surface area contributed by atoms with Gasteiger partial charge in [-0.15, -0.1) is 0 Å². The van der Waals surface area contributed by atoms with Crippen LogP contribution in [0, 0.1) is 0 Å². The zero-order valence-corrected chi connectivity index (χ0v) is 9.43. The van der Waals surface area contributed by atoms with Crippen molar-refractivity contribution in [1.82, 2.24) is 9.88 Å². The number of likely N-dealkylation sites (N-methyl/N-ethyl adjacent to an activating group) is 1. The number of amides is 1. The molecule has 1 aromatic rings. The molecule has 0 aliphatic carbocycles. The molecule has 1 rings (SSSR count). The van der Waals surface area contributed by atoms with Crippen LogP contribution in [-0.2, 0) is 16.1 Å². The second-order valence-corrected chi connectivity index (χ2v) is 3.41. The average molecular weight is 223 g/mol. The third-order valence-electron chi connectivity index (χ3n) is 2.04. The first-order valence-corrected chi connectivity index (χ1v) is 5.15. The SMILES string of the molecule is CN(Cc1ccccn1)C(=O)COCCN. The monoisotopic (exact) mass is 223 g/mol. The third kappa shape index (κ3) is 4.37. The Morgan fingerprint density at radius 1 is 1.56 bits per heavy atom. The Balaban J connectivity index is 2.34. The van der Waals surface area contributed by atoms with Crippen LogP contribution in [0.4, 0.5) is 0 Å². The summed E-state index contributed by atoms with van der Waals surface area (Å²) in [6, 6.07) is 5.62. The lowest BCUT2D eigenvalue weighted by molar-refractivity contribution is -0.135. The predicted octanol–water partition coefficient (Wildman–Crippen LogP) is 0.0153. The Labute approximate surface area is 95.2 Å². The molecule has 0 aliphatic heterocycles. The minimum absolute atomic E-state index is 0.0700. The lowest BCUT2D eigenvalue weighted by Gasteiger charge is -2.16. The highest BCUT2D eigenvalue weighted by molar-refractivity contribution is 5.77. The molecule has 0 unspecified atom stereocenters. The molecule has 0 fully saturated rings. The lowest BCUT2D eigenvalue weighted by atomic mass is 10.3. The van der Waals surface area contributed by atoms with Gasteiger partial charge in [0.25, 0.3) is 0 Å². The predicted molar refractivity (Wildman–Crippen MR) is 60.6 cm³/mol. The Morgan fingerprint density at radius 3 is 3.00 bits per heavy atom. The molecule has 0 spiro atoms. The van der Waals surface area contributed by atoms with Gasteiger partial charge in [-0.3, -0.25) is 9.78 Å². The van der Waals surface area contributed by atoms with Crippen LogP contribution in [0.1, 0.15) is 5.69 Å². The first-order chi connectivity index (χ1) is 7.74. The maximum Gasteiger partial charge on any atom is 0.248 e. The van der Waals surface area contributed by atoms with Crippen LogP contribution in [-0.4, -0.2) is 42.6 Å². The van der Waals surface area contributed by atoms with Gasteiger partial charge in [0.15, 0.2) is 0 Å². The lowest BCUT2D eigenvalue weighted by Crippen LogP contribution is -2.30. The van der Waals surface area contributed by atoms with Gasteiger partial charge in [-0.25, -0.2) is 0 Å². The highest BCUT2D eigenvalue weighted by Gasteiger charge is 2.09. The van der Waals surface area contributed by atoms with Gasteiger partial charge in [0.1, 0.15) is 6.61 Å². The fourth-order valence-electron chi connectivity index (χ4n) is 1.18. The van der Waals surface area contributed by atoms with E-state index in [1.165, 1.54) is 0 Å². The highest BCUT2D eigenvalue weighted by atomic mass is 16.5. The fraction of sp³-hybridized carbons (Fsp3) is 0.455. The second-order valence-electron chi connectivity index (χ2n) is 3.41. The Kier molecular flexibility index (Phi) is 5.45. The van der Waals surface area contributed by atoms with Crippen LogP contribution in [0.25, 0.3) is 0 Å². The van der Waals surface area contributed by atoms with Crippen LogP contribution in [0.15, 0.2) is 24.4 Å². The van der Waals surface area contributed by atoms with Crippen molar-refractivity contribution in [2.24, 2.45) is 5.73 Å². The number of nitrogens with two attached hydrogens (primary N) is 1. The van der Waals surface area contributed by atoms with Gasteiger partial charge in [0.2, 0.25) is 5.91 Å². The van der Waals surface area contributed by atoms with E-state index in [4.69, 9.17) is 10.5 Å². The van der Waals surface area contributed by atoms with E-state index in [0.717, 1.165) is 5.69 Å². The summed E-state index contributed by atoms with van der Waals surface area (Å²) in [4.78, 5) is 17.3. The van der Waals surface area contributed by atoms with Gasteiger partial charge in [-0.05, 0) is 12.1 Å². The van der Waals surface area contributed by atoms with Crippen molar-refractivity contribution in [1.29, 1.82) is 0 Å². The number of hydrogen-bond donors (Lipinski definition) is 1. The average Bonchev–Trinajstić information content (AvgIpc) is 2.30. The van der Waals surface area contributed by atoms with E-state index in [1.807, 2.05) is 18.2 Å². The molecule has 2 N–H and O–H groups in total. The van der Waals surface area contributed by atoms with Crippen LogP contribution in [0.5, 0.6) is 0 Å². The molecule has 5 heteroatoms. The molecule has 1 amide bonds. The quantitative estimate of drug-likeness (QED) is 0.690. The highest BCUT2D eigenvalue weighted by Crippen LogP contribution is 1.99. The van der Waals surface area contributed by atoms with Crippen molar-refractivity contribution in [3.63, 3.8) is 0 Å². The number of ether oxygens (including phenoxy) is 1. The number of pyridine rings is 1. The summed E-state index contributed by atoms with van der Waals surface area (Å²) in [6.45, 7) is 1.40. The first-order valence-electron chi connectivity index (χ1n) is 5.15. The smallest absolute Gasteiger partial charge is 0.248 e. The minimum atomic E-state index is -0.0703. The summed E-state index contributed by atoms with van der Waals surface area (Å²) >= 11 is 0. The van der Waals surface area contributed by atoms with Gasteiger partial charge in [0, 0.05) is 19.8 Å². The van der Waals surface area contributed by atoms with Crippen molar-refractivity contribution < 1.29 is 9.53 Å². The van der Waals surface area contributed by atoms with Crippen molar-refractivity contribution in [3.05, 3.63) is 30.1 Å². The molecule has 1 heterocycles. The normalized spacial score (nSPS) is 10.1. The summed E-state index contributed by atoms with van der Waals surface area (Å²) in [5.41, 5.74) is 6.11. The number of hydrogen-bond acceptors (Lipinski definition) is 4. The summed E-state index contributed by atoms with van der Waals surface area (Å²) in [7, 11) is 1.73. The van der Waals surface area contributed by atoms with E-state index in [2.05, 4.69) is 4.98 Å². The summed E-state index contributed by atoms with van der Waals surface area (Å²) in [5.74, 6) is -0.0703. The Bertz CT molecular complexity index is 316. The number of carbonyl (C=O) groups is 1. The van der Waals surface area contributed by atoms with Gasteiger partial charge in [0.05, 0.1) is 18.8 Å². The number of rotatable bonds is 6. The van der Waals surface area contributed by atoms with Crippen molar-refractivity contribution in [2.75, 3.05) is 26.8 Å². The van der Waals surface area contributed by atoms with E-state index in [-0.39, 0.29) is 12.5 Å². The molecule has 0 aromatic carbocycles. The molecule has 0 saturated carbocycles. The van der Waals surface area contributed by atoms with Gasteiger partial charge in [-0.1, -0.05) is 6.07 Å². The van der Waals surface area contributed by atoms with Crippen molar-refractivity contribution >= 4 is 5.91 Å². The van der Waals surface area contributed by atoms with Gasteiger partial charge in [-0.2, -0.15) is 0 Å². The summed E-state index contributed by atoms with van der Waals surface area (Å²) in [6.07, 6.45) is 1.71. The third-order valence-corrected chi connectivity index (χ3v) is 2.04. The van der Waals surface area contributed by atoms with Crippen LogP contribution in [0.3, 0.4) is 0 Å². The van der Waals surface area contributed by atoms with E-state index in [0.29, 0.717) is 19.7 Å². The van der Waals surface area contributed by atoms with E-state index in [9.17, 15) is 4.79 Å². The van der Waals surface area contributed by atoms with Crippen molar-refractivity contribution in [3.8, 4) is 0 Å². The largest absolute Gasteiger partial charge is 0.370 e. The number of aromatic nitrogens is 1. The summed E-state index contributed by atoms with van der Waals surface area (Å²) in [5, 5.41) is 0. The molecule has 16 heavy (non-hydrogen) atoms. The van der Waals surface area contributed by atoms with E-state index < -0.39 is 0 Å². The molecule has 0 atom stereocenters. The van der Waals surface area contributed by atoms with Gasteiger partial charge < -0.3 is 15.4 Å². The van der Waals surface area contributed by atoms with Gasteiger partial charge >= 0.3 is 0 Å². The Hall–Kier alpha value is -1.46. The van der Waals surface area contributed by atoms with Crippen LogP contribution in [0.2, 0.25) is 0 Å². The number of nitrogens with zero attached hydrogens (tertiary/aromatic N) is 2. The topological polar surface area (TPSA) is 68.5 Å². The standard InChI is InChI=1S/C11H17N3O2/c1-14(11(15)9-16-7-5-12)8-10-4-2-3-6-13-10/h2-4,6H,5,7-9,12H2,1H3. The molecule has 5 nitrogen and oxygen atoms in total. The van der Waals surface area contributed by atoms with Crippen LogP contribution < -0.4 is 5.73 Å². The van der Waals surface area contributed by atoms with Crippen molar-refractivity contribution in [2.45, 2.75) is 6.54 Å². The molecule has 88 valence electrons. The maximum atomic E-state index is 11.6. The number of carbonyl (C=O) groups excluding carboxylic acids is 1. The van der Waals surface area contributed by atoms with E-state index in [1.54, 1.807) is 18.1 Å². The molecule has 0 saturated heterocycles. The molecule has 0 aliphatic rings. The Morgan fingerprint density at radius 2 is 2.38 bits per heavy atom. The molecular formula is C11H17N3O2. The first kappa shape index (κ1) is 12.6. The molecule has 1 aromatic heterocycles. The second kappa shape index (κ2) is 6.92. The molecule has 0 bridgehead atoms. The zero-order valence-electron chi connectivity index (χ0n) is 9.43. The summed E-state index contributed by atoms with van der Waals surface area (Å²) < 4.78 is 5.07. The molecular weight excluding hydrogens is 206 g/mol. The van der Waals surface area contributed by atoms with E-state index >= 15 is 0 Å². The zero-order chi connectivity index (χ0) is 11.8. The fourth-order valence-corrected chi connectivity index (χ4v) is 1.18. The molecule has 0 radical (unpaired) electrons.